The van der Waals surface area contributed by atoms with Crippen molar-refractivity contribution in [1.29, 1.82) is 5.26 Å². The van der Waals surface area contributed by atoms with Gasteiger partial charge in [-0.15, -0.1) is 9.36 Å². The van der Waals surface area contributed by atoms with E-state index in [-0.39, 0.29) is 0 Å². The fraction of sp³-hybridized carbons (Fsp3) is 0.0476. The van der Waals surface area contributed by atoms with Gasteiger partial charge in [-0.2, -0.15) is 5.26 Å². The molecule has 0 fully saturated rings. The standard InChI is InChI=1S/C21H14N3/c22-12-16-8-5-11-20-19(16)14-23-13-17-9-4-10-18(21(17)24(20)23)15-6-2-1-3-7-15/h1-11,14H,13H2/q+1. The van der Waals surface area contributed by atoms with Crippen molar-refractivity contribution in [3.8, 4) is 22.9 Å². The summed E-state index contributed by atoms with van der Waals surface area (Å²) < 4.78 is 4.44. The van der Waals surface area contributed by atoms with E-state index >= 15 is 0 Å². The van der Waals surface area contributed by atoms with Crippen LogP contribution in [0, 0.1) is 11.3 Å². The molecule has 0 bridgehead atoms. The van der Waals surface area contributed by atoms with Gasteiger partial charge in [-0.3, -0.25) is 0 Å². The molecule has 4 aromatic rings. The van der Waals surface area contributed by atoms with Gasteiger partial charge in [0.05, 0.1) is 10.9 Å². The van der Waals surface area contributed by atoms with E-state index < -0.39 is 0 Å². The van der Waals surface area contributed by atoms with Crippen LogP contribution in [-0.4, -0.2) is 4.68 Å². The lowest BCUT2D eigenvalue weighted by Crippen LogP contribution is -2.36. The number of rotatable bonds is 1. The molecule has 1 aliphatic heterocycles. The molecule has 3 heteroatoms. The lowest BCUT2D eigenvalue weighted by atomic mass is 10.00. The molecule has 1 aromatic heterocycles. The summed E-state index contributed by atoms with van der Waals surface area (Å²) in [6.07, 6.45) is 2.09. The molecule has 0 spiro atoms. The first-order valence-electron chi connectivity index (χ1n) is 7.99. The lowest BCUT2D eigenvalue weighted by Gasteiger charge is -2.07. The second kappa shape index (κ2) is 4.81. The molecule has 0 unspecified atom stereocenters. The fourth-order valence-corrected chi connectivity index (χ4v) is 3.68. The van der Waals surface area contributed by atoms with Crippen molar-refractivity contribution in [2.45, 2.75) is 6.54 Å². The van der Waals surface area contributed by atoms with Crippen LogP contribution >= 0.6 is 0 Å². The van der Waals surface area contributed by atoms with E-state index in [4.69, 9.17) is 0 Å². The topological polar surface area (TPSA) is 32.6 Å². The lowest BCUT2D eigenvalue weighted by molar-refractivity contribution is -0.749. The monoisotopic (exact) mass is 308 g/mol. The molecule has 0 atom stereocenters. The van der Waals surface area contributed by atoms with Crippen molar-refractivity contribution >= 4 is 10.9 Å². The molecule has 3 aromatic carbocycles. The zero-order valence-corrected chi connectivity index (χ0v) is 13.0. The normalized spacial score (nSPS) is 12.0. The summed E-state index contributed by atoms with van der Waals surface area (Å²) in [5.74, 6) is 0. The zero-order valence-electron chi connectivity index (χ0n) is 13.0. The Labute approximate surface area is 139 Å². The van der Waals surface area contributed by atoms with Crippen LogP contribution in [0.2, 0.25) is 0 Å². The average molecular weight is 308 g/mol. The predicted molar refractivity (Wildman–Crippen MR) is 92.7 cm³/mol. The van der Waals surface area contributed by atoms with Gasteiger partial charge in [0.1, 0.15) is 17.3 Å². The Kier molecular flexibility index (Phi) is 2.62. The predicted octanol–water partition coefficient (Wildman–Crippen LogP) is 3.82. The van der Waals surface area contributed by atoms with E-state index in [2.05, 4.69) is 70.2 Å². The first-order valence-corrected chi connectivity index (χ1v) is 7.99. The van der Waals surface area contributed by atoms with Crippen molar-refractivity contribution in [2.75, 3.05) is 0 Å². The SMILES string of the molecule is N#Cc1cccc2c1c[n+]1n2-c2c(cccc2-c2ccccc2)C1. The van der Waals surface area contributed by atoms with Crippen LogP contribution in [0.25, 0.3) is 27.7 Å². The van der Waals surface area contributed by atoms with E-state index in [0.717, 1.165) is 23.0 Å². The van der Waals surface area contributed by atoms with Crippen molar-refractivity contribution in [2.24, 2.45) is 0 Å². The van der Waals surface area contributed by atoms with Gasteiger partial charge in [0.15, 0.2) is 6.54 Å². The Morgan fingerprint density at radius 2 is 1.75 bits per heavy atom. The molecular formula is C21H14N3+. The summed E-state index contributed by atoms with van der Waals surface area (Å²) in [6, 6.07) is 25.2. The second-order valence-electron chi connectivity index (χ2n) is 6.07. The third-order valence-corrected chi connectivity index (χ3v) is 4.72. The molecule has 3 nitrogen and oxygen atoms in total. The number of hydrogen-bond donors (Lipinski definition) is 0. The minimum absolute atomic E-state index is 0.723. The minimum Gasteiger partial charge on any atom is -0.192 e. The van der Waals surface area contributed by atoms with E-state index in [9.17, 15) is 5.26 Å². The maximum atomic E-state index is 9.39. The second-order valence-corrected chi connectivity index (χ2v) is 6.07. The molecule has 1 aliphatic rings. The first-order chi connectivity index (χ1) is 11.9. The van der Waals surface area contributed by atoms with Crippen LogP contribution in [0.3, 0.4) is 0 Å². The Balaban J connectivity index is 1.86. The van der Waals surface area contributed by atoms with E-state index in [1.165, 1.54) is 22.4 Å². The van der Waals surface area contributed by atoms with Crippen LogP contribution in [0.4, 0.5) is 0 Å². The van der Waals surface area contributed by atoms with Crippen molar-refractivity contribution in [3.63, 3.8) is 0 Å². The molecule has 0 saturated carbocycles. The Morgan fingerprint density at radius 1 is 0.917 bits per heavy atom. The molecular weight excluding hydrogens is 294 g/mol. The van der Waals surface area contributed by atoms with Crippen molar-refractivity contribution < 1.29 is 4.68 Å². The first kappa shape index (κ1) is 13.1. The van der Waals surface area contributed by atoms with Crippen molar-refractivity contribution in [3.05, 3.63) is 84.1 Å². The highest BCUT2D eigenvalue weighted by Gasteiger charge is 2.31. The van der Waals surface area contributed by atoms with Crippen LogP contribution in [0.15, 0.2) is 72.9 Å². The van der Waals surface area contributed by atoms with Crippen LogP contribution < -0.4 is 4.68 Å². The van der Waals surface area contributed by atoms with E-state index in [1.807, 2.05) is 18.2 Å². The maximum Gasteiger partial charge on any atom is 0.205 e. The highest BCUT2D eigenvalue weighted by molar-refractivity contribution is 5.87. The van der Waals surface area contributed by atoms with Crippen LogP contribution in [0.5, 0.6) is 0 Å². The smallest absolute Gasteiger partial charge is 0.192 e. The number of benzene rings is 3. The van der Waals surface area contributed by atoms with E-state index in [0.29, 0.717) is 0 Å². The van der Waals surface area contributed by atoms with Crippen LogP contribution in [0.1, 0.15) is 11.1 Å². The molecule has 0 aliphatic carbocycles. The Hall–Kier alpha value is -3.38. The molecule has 24 heavy (non-hydrogen) atoms. The molecule has 112 valence electrons. The highest BCUT2D eigenvalue weighted by atomic mass is 15.4. The zero-order chi connectivity index (χ0) is 16.1. The molecule has 0 radical (unpaired) electrons. The molecule has 0 saturated heterocycles. The largest absolute Gasteiger partial charge is 0.205 e. The number of fused-ring (bicyclic) bond motifs is 5. The maximum absolute atomic E-state index is 9.39. The number of hydrogen-bond acceptors (Lipinski definition) is 1. The number of para-hydroxylation sites is 1. The molecule has 0 amide bonds. The van der Waals surface area contributed by atoms with Gasteiger partial charge in [0.2, 0.25) is 6.20 Å². The minimum atomic E-state index is 0.723. The molecule has 2 heterocycles. The van der Waals surface area contributed by atoms with Gasteiger partial charge < -0.3 is 0 Å². The summed E-state index contributed by atoms with van der Waals surface area (Å²) in [4.78, 5) is 0. The Morgan fingerprint density at radius 3 is 2.58 bits per heavy atom. The highest BCUT2D eigenvalue weighted by Crippen LogP contribution is 2.34. The fourth-order valence-electron chi connectivity index (χ4n) is 3.68. The van der Waals surface area contributed by atoms with Gasteiger partial charge in [0, 0.05) is 11.1 Å². The van der Waals surface area contributed by atoms with Gasteiger partial charge in [0.25, 0.3) is 0 Å². The third-order valence-electron chi connectivity index (χ3n) is 4.72. The summed E-state index contributed by atoms with van der Waals surface area (Å²) in [5, 5.41) is 10.4. The summed E-state index contributed by atoms with van der Waals surface area (Å²) in [6.45, 7) is 0.829. The van der Waals surface area contributed by atoms with Gasteiger partial charge in [-0.05, 0) is 17.7 Å². The summed E-state index contributed by atoms with van der Waals surface area (Å²) in [7, 11) is 0. The van der Waals surface area contributed by atoms with Gasteiger partial charge >= 0.3 is 0 Å². The molecule has 5 rings (SSSR count). The number of aromatic nitrogens is 2. The summed E-state index contributed by atoms with van der Waals surface area (Å²) >= 11 is 0. The summed E-state index contributed by atoms with van der Waals surface area (Å²) in [5.41, 5.74) is 6.76. The van der Waals surface area contributed by atoms with Gasteiger partial charge in [-0.25, -0.2) is 0 Å². The molecule has 0 N–H and O–H groups in total. The third kappa shape index (κ3) is 1.68. The number of nitriles is 1. The average Bonchev–Trinajstić information content (AvgIpc) is 3.17. The van der Waals surface area contributed by atoms with Gasteiger partial charge in [-0.1, -0.05) is 54.6 Å². The van der Waals surface area contributed by atoms with Crippen LogP contribution in [-0.2, 0) is 6.54 Å². The van der Waals surface area contributed by atoms with Crippen molar-refractivity contribution in [1.82, 2.24) is 4.68 Å². The van der Waals surface area contributed by atoms with E-state index in [1.54, 1.807) is 0 Å². The quantitative estimate of drug-likeness (QED) is 0.433. The Bertz CT molecular complexity index is 1130. The number of nitrogens with zero attached hydrogens (tertiary/aromatic N) is 3.